The van der Waals surface area contributed by atoms with E-state index in [1.807, 2.05) is 68.5 Å². The first-order valence-corrected chi connectivity index (χ1v) is 10.0. The molecule has 31 heavy (non-hydrogen) atoms. The van der Waals surface area contributed by atoms with E-state index in [-0.39, 0.29) is 12.5 Å². The number of carbonyl (C=O) groups is 1. The lowest BCUT2D eigenvalue weighted by Gasteiger charge is -2.14. The second-order valence-corrected chi connectivity index (χ2v) is 7.18. The van der Waals surface area contributed by atoms with Crippen LogP contribution in [0.25, 0.3) is 5.57 Å². The Morgan fingerprint density at radius 3 is 2.58 bits per heavy atom. The molecule has 0 aliphatic carbocycles. The average Bonchev–Trinajstić information content (AvgIpc) is 2.75. The van der Waals surface area contributed by atoms with Crippen LogP contribution in [0.3, 0.4) is 0 Å². The van der Waals surface area contributed by atoms with Gasteiger partial charge in [-0.25, -0.2) is 4.99 Å². The van der Waals surface area contributed by atoms with Gasteiger partial charge in [-0.2, -0.15) is 10.5 Å². The minimum Gasteiger partial charge on any atom is -0.481 e. The van der Waals surface area contributed by atoms with Gasteiger partial charge in [0.1, 0.15) is 5.84 Å². The second-order valence-electron chi connectivity index (χ2n) is 7.18. The van der Waals surface area contributed by atoms with Crippen LogP contribution in [0.15, 0.2) is 59.9 Å². The molecule has 0 unspecified atom stereocenters. The summed E-state index contributed by atoms with van der Waals surface area (Å²) in [6.07, 6.45) is 6.70. The van der Waals surface area contributed by atoms with Crippen molar-refractivity contribution >= 4 is 23.1 Å². The predicted octanol–water partition coefficient (Wildman–Crippen LogP) is 4.46. The number of unbranched alkanes of at least 4 members (excludes halogenated alkanes) is 1. The number of amidine groups is 1. The fourth-order valence-corrected chi connectivity index (χ4v) is 2.93. The van der Waals surface area contributed by atoms with Gasteiger partial charge in [0, 0.05) is 30.4 Å². The number of aliphatic carboxylic acids is 1. The van der Waals surface area contributed by atoms with Gasteiger partial charge in [-0.05, 0) is 56.0 Å². The Balaban J connectivity index is 2.44. The van der Waals surface area contributed by atoms with Crippen molar-refractivity contribution in [2.75, 3.05) is 0 Å². The van der Waals surface area contributed by atoms with Crippen molar-refractivity contribution in [3.63, 3.8) is 0 Å². The van der Waals surface area contributed by atoms with E-state index in [2.05, 4.69) is 15.3 Å². The third kappa shape index (κ3) is 7.41. The second kappa shape index (κ2) is 11.9. The number of hydrogen-bond donors (Lipinski definition) is 2. The number of aliphatic imine (C=N–C) groups is 1. The maximum atomic E-state index is 10.8. The van der Waals surface area contributed by atoms with Crippen molar-refractivity contribution in [2.45, 2.75) is 39.2 Å². The number of benzene rings is 1. The number of nitrogens with zero attached hydrogens (tertiary/aromatic N) is 4. The highest BCUT2D eigenvalue weighted by atomic mass is 16.4. The molecule has 0 amide bonds. The molecule has 0 saturated heterocycles. The summed E-state index contributed by atoms with van der Waals surface area (Å²) in [4.78, 5) is 19.5. The van der Waals surface area contributed by atoms with Gasteiger partial charge >= 0.3 is 5.97 Å². The minimum atomic E-state index is -0.990. The van der Waals surface area contributed by atoms with Gasteiger partial charge in [-0.15, -0.1) is 0 Å². The first kappa shape index (κ1) is 23.3. The van der Waals surface area contributed by atoms with Crippen LogP contribution in [0.5, 0.6) is 0 Å². The van der Waals surface area contributed by atoms with Gasteiger partial charge in [0.05, 0.1) is 17.8 Å². The lowest BCUT2D eigenvalue weighted by atomic mass is 9.97. The molecule has 0 saturated carbocycles. The molecule has 1 heterocycles. The SMILES string of the molecule is CC(C)NC(=Nc1cccc(C(=CCCCC(=O)O)c2cccnc2)c1)C(C#N)C#N. The van der Waals surface area contributed by atoms with E-state index < -0.39 is 11.9 Å². The fraction of sp³-hybridized carbons (Fsp3) is 0.292. The molecule has 158 valence electrons. The maximum absolute atomic E-state index is 10.8. The molecular formula is C24H25N5O2. The topological polar surface area (TPSA) is 122 Å². The molecule has 2 N–H and O–H groups in total. The molecule has 0 aliphatic rings. The van der Waals surface area contributed by atoms with Crippen LogP contribution in [0.2, 0.25) is 0 Å². The quantitative estimate of drug-likeness (QED) is 0.354. The number of nitriles is 2. The predicted molar refractivity (Wildman–Crippen MR) is 119 cm³/mol. The lowest BCUT2D eigenvalue weighted by molar-refractivity contribution is -0.137. The molecule has 0 aliphatic heterocycles. The number of rotatable bonds is 9. The molecule has 2 rings (SSSR count). The van der Waals surface area contributed by atoms with Gasteiger partial charge in [0.2, 0.25) is 0 Å². The van der Waals surface area contributed by atoms with Crippen LogP contribution in [0, 0.1) is 28.6 Å². The van der Waals surface area contributed by atoms with E-state index in [0.717, 1.165) is 16.7 Å². The lowest BCUT2D eigenvalue weighted by Crippen LogP contribution is -2.34. The van der Waals surface area contributed by atoms with E-state index in [1.165, 1.54) is 0 Å². The Morgan fingerprint density at radius 2 is 1.97 bits per heavy atom. The third-order valence-corrected chi connectivity index (χ3v) is 4.29. The monoisotopic (exact) mass is 415 g/mol. The molecule has 0 spiro atoms. The zero-order chi connectivity index (χ0) is 22.6. The molecule has 0 atom stereocenters. The number of carboxylic acid groups (broad SMARTS) is 1. The zero-order valence-corrected chi connectivity index (χ0v) is 17.6. The van der Waals surface area contributed by atoms with E-state index >= 15 is 0 Å². The Hall–Kier alpha value is -3.97. The van der Waals surface area contributed by atoms with Gasteiger partial charge in [0.15, 0.2) is 5.92 Å². The highest BCUT2D eigenvalue weighted by Gasteiger charge is 2.16. The summed E-state index contributed by atoms with van der Waals surface area (Å²) in [6, 6.07) is 15.2. The van der Waals surface area contributed by atoms with E-state index in [9.17, 15) is 15.3 Å². The largest absolute Gasteiger partial charge is 0.481 e. The number of aromatic nitrogens is 1. The van der Waals surface area contributed by atoms with Gasteiger partial charge in [-0.3, -0.25) is 9.78 Å². The number of carboxylic acids is 1. The number of nitrogens with one attached hydrogen (secondary N) is 1. The Labute approximate surface area is 182 Å². The highest BCUT2D eigenvalue weighted by molar-refractivity contribution is 5.91. The highest BCUT2D eigenvalue weighted by Crippen LogP contribution is 2.27. The molecule has 0 radical (unpaired) electrons. The Morgan fingerprint density at radius 1 is 1.23 bits per heavy atom. The van der Waals surface area contributed by atoms with Crippen LogP contribution in [-0.2, 0) is 4.79 Å². The van der Waals surface area contributed by atoms with Crippen molar-refractivity contribution in [1.82, 2.24) is 10.3 Å². The first-order valence-electron chi connectivity index (χ1n) is 10.0. The summed E-state index contributed by atoms with van der Waals surface area (Å²) in [5.74, 6) is -1.50. The first-order chi connectivity index (χ1) is 14.9. The molecule has 7 heteroatoms. The smallest absolute Gasteiger partial charge is 0.303 e. The van der Waals surface area contributed by atoms with Crippen LogP contribution in [0.1, 0.15) is 44.2 Å². The van der Waals surface area contributed by atoms with E-state index in [1.54, 1.807) is 12.4 Å². The maximum Gasteiger partial charge on any atom is 0.303 e. The van der Waals surface area contributed by atoms with Gasteiger partial charge < -0.3 is 10.4 Å². The van der Waals surface area contributed by atoms with Crippen LogP contribution in [-0.4, -0.2) is 27.9 Å². The average molecular weight is 415 g/mol. The van der Waals surface area contributed by atoms with Crippen molar-refractivity contribution in [3.8, 4) is 12.1 Å². The van der Waals surface area contributed by atoms with Crippen LogP contribution < -0.4 is 5.32 Å². The Kier molecular flexibility index (Phi) is 8.94. The van der Waals surface area contributed by atoms with Crippen molar-refractivity contribution in [3.05, 3.63) is 66.0 Å². The van der Waals surface area contributed by atoms with Crippen molar-refractivity contribution < 1.29 is 9.90 Å². The zero-order valence-electron chi connectivity index (χ0n) is 17.6. The molecular weight excluding hydrogens is 390 g/mol. The fourth-order valence-electron chi connectivity index (χ4n) is 2.93. The van der Waals surface area contributed by atoms with Crippen molar-refractivity contribution in [1.29, 1.82) is 10.5 Å². The number of hydrogen-bond acceptors (Lipinski definition) is 5. The standard InChI is InChI=1S/C24H25N5O2/c1-17(2)28-24(20(14-25)15-26)29-21-9-5-7-18(13-21)22(10-3-4-11-23(30)31)19-8-6-12-27-16-19/h5-10,12-13,16-17,20H,3-4,11H2,1-2H3,(H,28,29)(H,30,31). The number of allylic oxidation sites excluding steroid dienone is 1. The summed E-state index contributed by atoms with van der Waals surface area (Å²) in [5.41, 5.74) is 3.33. The Bertz CT molecular complexity index is 1020. The van der Waals surface area contributed by atoms with E-state index in [0.29, 0.717) is 24.4 Å². The third-order valence-electron chi connectivity index (χ3n) is 4.29. The summed E-state index contributed by atoms with van der Waals surface area (Å²) in [7, 11) is 0. The number of pyridine rings is 1. The summed E-state index contributed by atoms with van der Waals surface area (Å²) in [5, 5.41) is 30.5. The normalized spacial score (nSPS) is 11.8. The molecule has 1 aromatic heterocycles. The molecule has 0 bridgehead atoms. The summed E-state index contributed by atoms with van der Waals surface area (Å²) in [6.45, 7) is 3.83. The van der Waals surface area contributed by atoms with Crippen LogP contribution >= 0.6 is 0 Å². The molecule has 1 aromatic carbocycles. The molecule has 7 nitrogen and oxygen atoms in total. The summed E-state index contributed by atoms with van der Waals surface area (Å²) < 4.78 is 0. The van der Waals surface area contributed by atoms with Crippen molar-refractivity contribution in [2.24, 2.45) is 10.9 Å². The minimum absolute atomic E-state index is 0.0196. The molecule has 0 fully saturated rings. The van der Waals surface area contributed by atoms with Gasteiger partial charge in [-0.1, -0.05) is 24.3 Å². The molecule has 2 aromatic rings. The summed E-state index contributed by atoms with van der Waals surface area (Å²) >= 11 is 0. The van der Waals surface area contributed by atoms with Crippen LogP contribution in [0.4, 0.5) is 5.69 Å². The van der Waals surface area contributed by atoms with E-state index in [4.69, 9.17) is 5.11 Å². The van der Waals surface area contributed by atoms with Gasteiger partial charge in [0.25, 0.3) is 0 Å².